The molecule has 0 spiro atoms. The number of rotatable bonds is 7. The minimum absolute atomic E-state index is 0.118. The number of sulfonamides is 1. The van der Waals surface area contributed by atoms with Crippen molar-refractivity contribution in [1.29, 1.82) is 0 Å². The second-order valence-electron chi connectivity index (χ2n) is 7.01. The number of hydrogen-bond donors (Lipinski definition) is 1. The number of aromatic nitrogens is 1. The van der Waals surface area contributed by atoms with Crippen LogP contribution in [0.3, 0.4) is 0 Å². The molecular formula is C21H25N3O3S. The Labute approximate surface area is 165 Å². The molecule has 7 heteroatoms. The second kappa shape index (κ2) is 8.16. The summed E-state index contributed by atoms with van der Waals surface area (Å²) in [7, 11) is -1.97. The van der Waals surface area contributed by atoms with Gasteiger partial charge in [-0.2, -0.15) is 4.31 Å². The fraction of sp³-hybridized carbons (Fsp3) is 0.286. The van der Waals surface area contributed by atoms with E-state index in [9.17, 15) is 13.2 Å². The Morgan fingerprint density at radius 2 is 1.75 bits per heavy atom. The lowest BCUT2D eigenvalue weighted by molar-refractivity contribution is -0.116. The molecule has 1 amide bonds. The fourth-order valence-corrected chi connectivity index (χ4v) is 4.30. The molecule has 0 saturated heterocycles. The highest BCUT2D eigenvalue weighted by Gasteiger charge is 2.22. The summed E-state index contributed by atoms with van der Waals surface area (Å²) < 4.78 is 28.3. The average Bonchev–Trinajstić information content (AvgIpc) is 3.09. The van der Waals surface area contributed by atoms with Gasteiger partial charge in [-0.15, -0.1) is 0 Å². The van der Waals surface area contributed by atoms with Crippen molar-refractivity contribution in [2.75, 3.05) is 12.4 Å². The van der Waals surface area contributed by atoms with E-state index in [1.165, 1.54) is 16.4 Å². The number of hydrogen-bond acceptors (Lipinski definition) is 3. The Morgan fingerprint density at radius 1 is 1.07 bits per heavy atom. The molecule has 2 aromatic carbocycles. The van der Waals surface area contributed by atoms with Gasteiger partial charge in [0.15, 0.2) is 0 Å². The van der Waals surface area contributed by atoms with E-state index in [0.29, 0.717) is 18.7 Å². The molecule has 1 N–H and O–H groups in total. The molecule has 1 aromatic heterocycles. The normalized spacial score (nSPS) is 12.0. The summed E-state index contributed by atoms with van der Waals surface area (Å²) in [6, 6.07) is 16.2. The van der Waals surface area contributed by atoms with Crippen molar-refractivity contribution < 1.29 is 13.2 Å². The topological polar surface area (TPSA) is 71.4 Å². The first kappa shape index (κ1) is 20.1. The molecule has 0 aliphatic rings. The summed E-state index contributed by atoms with van der Waals surface area (Å²) in [4.78, 5) is 12.5. The Kier molecular flexibility index (Phi) is 5.86. The van der Waals surface area contributed by atoms with Crippen LogP contribution in [0, 0.1) is 0 Å². The molecule has 1 heterocycles. The van der Waals surface area contributed by atoms with Gasteiger partial charge in [0, 0.05) is 43.5 Å². The van der Waals surface area contributed by atoms with Gasteiger partial charge in [-0.3, -0.25) is 4.79 Å². The van der Waals surface area contributed by atoms with Gasteiger partial charge in [-0.05, 0) is 55.6 Å². The SMILES string of the molecule is CC(C)N(C)S(=O)(=O)c1ccc(NC(=O)CCn2ccc3ccccc32)cc1. The smallest absolute Gasteiger partial charge is 0.243 e. The maximum absolute atomic E-state index is 12.5. The fourth-order valence-electron chi connectivity index (χ4n) is 2.94. The molecule has 0 radical (unpaired) electrons. The summed E-state index contributed by atoms with van der Waals surface area (Å²) in [6.45, 7) is 4.21. The second-order valence-corrected chi connectivity index (χ2v) is 9.00. The zero-order valence-electron chi connectivity index (χ0n) is 16.3. The number of anilines is 1. The molecule has 0 fully saturated rings. The van der Waals surface area contributed by atoms with Crippen LogP contribution in [0.25, 0.3) is 10.9 Å². The summed E-state index contributed by atoms with van der Waals surface area (Å²) in [6.07, 6.45) is 2.30. The lowest BCUT2D eigenvalue weighted by Gasteiger charge is -2.21. The van der Waals surface area contributed by atoms with Crippen molar-refractivity contribution >= 4 is 32.5 Å². The molecule has 3 aromatic rings. The van der Waals surface area contributed by atoms with E-state index in [2.05, 4.69) is 5.32 Å². The molecule has 3 rings (SSSR count). The molecule has 0 aliphatic heterocycles. The Morgan fingerprint density at radius 3 is 2.43 bits per heavy atom. The third-order valence-electron chi connectivity index (χ3n) is 4.80. The van der Waals surface area contributed by atoms with Crippen LogP contribution in [0.1, 0.15) is 20.3 Å². The summed E-state index contributed by atoms with van der Waals surface area (Å²) in [5.41, 5.74) is 1.67. The Bertz CT molecular complexity index is 1070. The van der Waals surface area contributed by atoms with Crippen LogP contribution < -0.4 is 5.32 Å². The lowest BCUT2D eigenvalue weighted by atomic mass is 10.2. The molecular weight excluding hydrogens is 374 g/mol. The van der Waals surface area contributed by atoms with Crippen molar-refractivity contribution in [2.45, 2.75) is 37.8 Å². The number of carbonyl (C=O) groups is 1. The van der Waals surface area contributed by atoms with E-state index < -0.39 is 10.0 Å². The number of para-hydroxylation sites is 1. The highest BCUT2D eigenvalue weighted by molar-refractivity contribution is 7.89. The van der Waals surface area contributed by atoms with Gasteiger partial charge in [0.25, 0.3) is 0 Å². The van der Waals surface area contributed by atoms with Crippen LogP contribution in [0.4, 0.5) is 5.69 Å². The number of nitrogens with one attached hydrogen (secondary N) is 1. The van der Waals surface area contributed by atoms with E-state index in [-0.39, 0.29) is 16.8 Å². The highest BCUT2D eigenvalue weighted by atomic mass is 32.2. The van der Waals surface area contributed by atoms with Crippen LogP contribution in [0.2, 0.25) is 0 Å². The van der Waals surface area contributed by atoms with Crippen molar-refractivity contribution in [1.82, 2.24) is 8.87 Å². The van der Waals surface area contributed by atoms with E-state index >= 15 is 0 Å². The molecule has 28 heavy (non-hydrogen) atoms. The first-order valence-electron chi connectivity index (χ1n) is 9.21. The average molecular weight is 400 g/mol. The van der Waals surface area contributed by atoms with Crippen molar-refractivity contribution in [2.24, 2.45) is 0 Å². The first-order chi connectivity index (χ1) is 13.3. The van der Waals surface area contributed by atoms with Crippen LogP contribution in [-0.2, 0) is 21.4 Å². The number of fused-ring (bicyclic) bond motifs is 1. The zero-order valence-corrected chi connectivity index (χ0v) is 17.1. The minimum Gasteiger partial charge on any atom is -0.347 e. The van der Waals surface area contributed by atoms with Crippen molar-refractivity contribution in [3.8, 4) is 0 Å². The van der Waals surface area contributed by atoms with Gasteiger partial charge in [0.1, 0.15) is 0 Å². The minimum atomic E-state index is -3.53. The van der Waals surface area contributed by atoms with Gasteiger partial charge in [-0.25, -0.2) is 8.42 Å². The molecule has 0 atom stereocenters. The van der Waals surface area contributed by atoms with Gasteiger partial charge < -0.3 is 9.88 Å². The largest absolute Gasteiger partial charge is 0.347 e. The molecule has 6 nitrogen and oxygen atoms in total. The predicted octanol–water partition coefficient (Wildman–Crippen LogP) is 3.70. The number of benzene rings is 2. The van der Waals surface area contributed by atoms with Crippen LogP contribution >= 0.6 is 0 Å². The van der Waals surface area contributed by atoms with Gasteiger partial charge in [0.05, 0.1) is 4.90 Å². The van der Waals surface area contributed by atoms with Gasteiger partial charge in [-0.1, -0.05) is 18.2 Å². The van der Waals surface area contributed by atoms with Crippen molar-refractivity contribution in [3.05, 3.63) is 60.8 Å². The third-order valence-corrected chi connectivity index (χ3v) is 6.85. The zero-order chi connectivity index (χ0) is 20.3. The first-order valence-corrected chi connectivity index (χ1v) is 10.6. The van der Waals surface area contributed by atoms with Crippen LogP contribution in [0.5, 0.6) is 0 Å². The van der Waals surface area contributed by atoms with Crippen molar-refractivity contribution in [3.63, 3.8) is 0 Å². The monoisotopic (exact) mass is 399 g/mol. The Balaban J connectivity index is 1.62. The number of nitrogens with zero attached hydrogens (tertiary/aromatic N) is 2. The van der Waals surface area contributed by atoms with E-state index in [1.54, 1.807) is 19.2 Å². The van der Waals surface area contributed by atoms with E-state index in [0.717, 1.165) is 10.9 Å². The maximum Gasteiger partial charge on any atom is 0.243 e. The lowest BCUT2D eigenvalue weighted by Crippen LogP contribution is -2.33. The summed E-state index contributed by atoms with van der Waals surface area (Å²) in [5, 5.41) is 3.97. The van der Waals surface area contributed by atoms with Gasteiger partial charge in [0.2, 0.25) is 15.9 Å². The summed E-state index contributed by atoms with van der Waals surface area (Å²) >= 11 is 0. The predicted molar refractivity (Wildman–Crippen MR) is 112 cm³/mol. The molecule has 0 bridgehead atoms. The van der Waals surface area contributed by atoms with Gasteiger partial charge >= 0.3 is 0 Å². The molecule has 0 saturated carbocycles. The third kappa shape index (κ3) is 4.26. The highest BCUT2D eigenvalue weighted by Crippen LogP contribution is 2.19. The number of aryl methyl sites for hydroxylation is 1. The molecule has 0 unspecified atom stereocenters. The van der Waals surface area contributed by atoms with Crippen LogP contribution in [-0.4, -0.2) is 36.3 Å². The van der Waals surface area contributed by atoms with Crippen LogP contribution in [0.15, 0.2) is 65.7 Å². The Hall–Kier alpha value is -2.64. The van der Waals surface area contributed by atoms with E-state index in [1.807, 2.05) is 54.9 Å². The quantitative estimate of drug-likeness (QED) is 0.658. The maximum atomic E-state index is 12.5. The number of amides is 1. The summed E-state index contributed by atoms with van der Waals surface area (Å²) in [5.74, 6) is -0.118. The standard InChI is InChI=1S/C21H25N3O3S/c1-16(2)23(3)28(26,27)19-10-8-18(9-11-19)22-21(25)13-15-24-14-12-17-6-4-5-7-20(17)24/h4-12,14,16H,13,15H2,1-3H3,(H,22,25). The van der Waals surface area contributed by atoms with E-state index in [4.69, 9.17) is 0 Å². The number of carbonyl (C=O) groups excluding carboxylic acids is 1. The molecule has 148 valence electrons. The molecule has 0 aliphatic carbocycles.